The Balaban J connectivity index is 1.39. The number of anilines is 2. The van der Waals surface area contributed by atoms with Gasteiger partial charge in [0.2, 0.25) is 5.13 Å². The van der Waals surface area contributed by atoms with Gasteiger partial charge in [-0.1, -0.05) is 71.6 Å². The first-order valence-electron chi connectivity index (χ1n) is 9.91. The average molecular weight is 497 g/mol. The molecule has 0 bridgehead atoms. The van der Waals surface area contributed by atoms with Gasteiger partial charge < -0.3 is 0 Å². The Labute approximate surface area is 200 Å². The monoisotopic (exact) mass is 496 g/mol. The fraction of sp³-hybridized carbons (Fsp3) is 0.0870. The maximum atomic E-state index is 12.7. The van der Waals surface area contributed by atoms with Gasteiger partial charge in [0.15, 0.2) is 4.34 Å². The molecule has 4 rings (SSSR count). The van der Waals surface area contributed by atoms with Crippen LogP contribution in [0.25, 0.3) is 0 Å². The summed E-state index contributed by atoms with van der Waals surface area (Å²) in [4.78, 5) is 12.8. The van der Waals surface area contributed by atoms with Gasteiger partial charge in [-0.05, 0) is 48.4 Å². The van der Waals surface area contributed by atoms with Crippen LogP contribution in [-0.4, -0.2) is 24.5 Å². The standard InChI is InChI=1S/C23H20N4O3S3/c1-16-14-18(12-13-20(16)27-33(29,30)19-10-6-3-7-11-19)21(28)24-22-25-26-23(32-22)31-15-17-8-4-2-5-9-17/h2-14,27H,15H2,1H3,(H,24,25,28). The quantitative estimate of drug-likeness (QED) is 0.257. The summed E-state index contributed by atoms with van der Waals surface area (Å²) in [5, 5.41) is 11.3. The lowest BCUT2D eigenvalue weighted by Gasteiger charge is -2.11. The predicted molar refractivity (Wildman–Crippen MR) is 132 cm³/mol. The minimum Gasteiger partial charge on any atom is -0.296 e. The summed E-state index contributed by atoms with van der Waals surface area (Å²) in [5.74, 6) is 0.425. The van der Waals surface area contributed by atoms with E-state index in [0.29, 0.717) is 21.9 Å². The molecule has 2 N–H and O–H groups in total. The Kier molecular flexibility index (Phi) is 7.07. The van der Waals surface area contributed by atoms with Crippen LogP contribution < -0.4 is 10.0 Å². The third-order valence-corrected chi connectivity index (χ3v) is 8.04. The van der Waals surface area contributed by atoms with Crippen molar-refractivity contribution in [1.82, 2.24) is 10.2 Å². The Morgan fingerprint density at radius 2 is 1.67 bits per heavy atom. The second-order valence-corrected chi connectivity index (χ2v) is 10.9. The van der Waals surface area contributed by atoms with Crippen molar-refractivity contribution in [1.29, 1.82) is 0 Å². The molecule has 0 unspecified atom stereocenters. The highest BCUT2D eigenvalue weighted by Crippen LogP contribution is 2.29. The number of aryl methyl sites for hydroxylation is 1. The van der Waals surface area contributed by atoms with Gasteiger partial charge in [-0.25, -0.2) is 8.42 Å². The zero-order valence-electron chi connectivity index (χ0n) is 17.6. The molecule has 1 amide bonds. The van der Waals surface area contributed by atoms with E-state index in [1.165, 1.54) is 29.0 Å². The van der Waals surface area contributed by atoms with E-state index >= 15 is 0 Å². The van der Waals surface area contributed by atoms with Gasteiger partial charge >= 0.3 is 0 Å². The molecule has 1 heterocycles. The van der Waals surface area contributed by atoms with Crippen molar-refractivity contribution >= 4 is 49.8 Å². The molecule has 0 saturated carbocycles. The maximum absolute atomic E-state index is 12.7. The molecule has 0 atom stereocenters. The van der Waals surface area contributed by atoms with Crippen LogP contribution in [0.5, 0.6) is 0 Å². The number of nitrogens with zero attached hydrogens (tertiary/aromatic N) is 2. The Hall–Kier alpha value is -3.21. The second kappa shape index (κ2) is 10.2. The number of aromatic nitrogens is 2. The smallest absolute Gasteiger partial charge is 0.261 e. The number of nitrogens with one attached hydrogen (secondary N) is 2. The third kappa shape index (κ3) is 5.98. The van der Waals surface area contributed by atoms with Gasteiger partial charge in [-0.2, -0.15) is 0 Å². The first-order chi connectivity index (χ1) is 15.9. The van der Waals surface area contributed by atoms with Crippen LogP contribution in [0.1, 0.15) is 21.5 Å². The SMILES string of the molecule is Cc1cc(C(=O)Nc2nnc(SCc3ccccc3)s2)ccc1NS(=O)(=O)c1ccccc1. The van der Waals surface area contributed by atoms with Gasteiger partial charge in [0.25, 0.3) is 15.9 Å². The van der Waals surface area contributed by atoms with Gasteiger partial charge in [-0.3, -0.25) is 14.8 Å². The van der Waals surface area contributed by atoms with Crippen molar-refractivity contribution in [3.8, 4) is 0 Å². The van der Waals surface area contributed by atoms with Crippen LogP contribution in [0.2, 0.25) is 0 Å². The van der Waals surface area contributed by atoms with Crippen molar-refractivity contribution in [3.05, 3.63) is 95.6 Å². The summed E-state index contributed by atoms with van der Waals surface area (Å²) < 4.78 is 28.4. The van der Waals surface area contributed by atoms with E-state index in [-0.39, 0.29) is 10.8 Å². The van der Waals surface area contributed by atoms with Gasteiger partial charge in [-0.15, -0.1) is 10.2 Å². The number of hydrogen-bond donors (Lipinski definition) is 2. The minimum atomic E-state index is -3.71. The molecule has 0 aliphatic carbocycles. The first-order valence-corrected chi connectivity index (χ1v) is 13.2. The molecular weight excluding hydrogens is 476 g/mol. The lowest BCUT2D eigenvalue weighted by molar-refractivity contribution is 0.102. The number of carbonyl (C=O) groups is 1. The number of carbonyl (C=O) groups excluding carboxylic acids is 1. The van der Waals surface area contributed by atoms with Crippen LogP contribution in [0.15, 0.2) is 88.1 Å². The molecule has 1 aromatic heterocycles. The summed E-state index contributed by atoms with van der Waals surface area (Å²) in [6.07, 6.45) is 0. The molecule has 7 nitrogen and oxygen atoms in total. The van der Waals surface area contributed by atoms with E-state index in [4.69, 9.17) is 0 Å². The predicted octanol–water partition coefficient (Wildman–Crippen LogP) is 5.19. The van der Waals surface area contributed by atoms with Crippen LogP contribution in [-0.2, 0) is 15.8 Å². The molecule has 10 heteroatoms. The van der Waals surface area contributed by atoms with Crippen molar-refractivity contribution in [3.63, 3.8) is 0 Å². The van der Waals surface area contributed by atoms with E-state index in [2.05, 4.69) is 20.2 Å². The van der Waals surface area contributed by atoms with Crippen molar-refractivity contribution in [2.45, 2.75) is 21.9 Å². The number of rotatable bonds is 8. The topological polar surface area (TPSA) is 101 Å². The second-order valence-electron chi connectivity index (χ2n) is 7.05. The van der Waals surface area contributed by atoms with Gasteiger partial charge in [0.1, 0.15) is 0 Å². The normalized spacial score (nSPS) is 11.2. The molecule has 3 aromatic carbocycles. The number of sulfonamides is 1. The molecule has 0 aliphatic rings. The molecule has 168 valence electrons. The zero-order chi connectivity index (χ0) is 23.3. The summed E-state index contributed by atoms with van der Waals surface area (Å²) in [5.41, 5.74) is 2.61. The van der Waals surface area contributed by atoms with Crippen LogP contribution in [0.4, 0.5) is 10.8 Å². The average Bonchev–Trinajstić information content (AvgIpc) is 3.27. The zero-order valence-corrected chi connectivity index (χ0v) is 20.0. The molecule has 4 aromatic rings. The molecule has 0 spiro atoms. The number of amides is 1. The lowest BCUT2D eigenvalue weighted by atomic mass is 10.1. The minimum absolute atomic E-state index is 0.170. The van der Waals surface area contributed by atoms with E-state index in [0.717, 1.165) is 10.1 Å². The van der Waals surface area contributed by atoms with Crippen molar-refractivity contribution in [2.24, 2.45) is 0 Å². The van der Waals surface area contributed by atoms with Crippen molar-refractivity contribution in [2.75, 3.05) is 10.0 Å². The van der Waals surface area contributed by atoms with E-state index < -0.39 is 10.0 Å². The fourth-order valence-corrected chi connectivity index (χ4v) is 5.78. The Morgan fingerprint density at radius 3 is 2.36 bits per heavy atom. The van der Waals surface area contributed by atoms with E-state index in [9.17, 15) is 13.2 Å². The lowest BCUT2D eigenvalue weighted by Crippen LogP contribution is -2.15. The summed E-state index contributed by atoms with van der Waals surface area (Å²) in [6.45, 7) is 1.74. The van der Waals surface area contributed by atoms with Crippen LogP contribution >= 0.6 is 23.1 Å². The Bertz CT molecular complexity index is 1360. The van der Waals surface area contributed by atoms with Crippen LogP contribution in [0.3, 0.4) is 0 Å². The van der Waals surface area contributed by atoms with Crippen LogP contribution in [0, 0.1) is 6.92 Å². The highest BCUT2D eigenvalue weighted by atomic mass is 32.2. The molecular formula is C23H20N4O3S3. The highest BCUT2D eigenvalue weighted by molar-refractivity contribution is 8.00. The maximum Gasteiger partial charge on any atom is 0.261 e. The summed E-state index contributed by atoms with van der Waals surface area (Å²) in [6, 6.07) is 22.9. The van der Waals surface area contributed by atoms with Gasteiger partial charge in [0.05, 0.1) is 10.6 Å². The number of benzene rings is 3. The first kappa shape index (κ1) is 23.0. The molecule has 0 saturated heterocycles. The van der Waals surface area contributed by atoms with Crippen molar-refractivity contribution < 1.29 is 13.2 Å². The summed E-state index contributed by atoms with van der Waals surface area (Å²) in [7, 11) is -3.71. The summed E-state index contributed by atoms with van der Waals surface area (Å²) >= 11 is 2.86. The van der Waals surface area contributed by atoms with E-state index in [1.807, 2.05) is 30.3 Å². The molecule has 0 radical (unpaired) electrons. The molecule has 33 heavy (non-hydrogen) atoms. The number of hydrogen-bond acceptors (Lipinski definition) is 7. The third-order valence-electron chi connectivity index (χ3n) is 4.62. The van der Waals surface area contributed by atoms with E-state index in [1.54, 1.807) is 55.1 Å². The molecule has 0 fully saturated rings. The molecule has 0 aliphatic heterocycles. The Morgan fingerprint density at radius 1 is 0.970 bits per heavy atom. The fourth-order valence-electron chi connectivity index (χ4n) is 2.93. The van der Waals surface area contributed by atoms with Gasteiger partial charge in [0, 0.05) is 11.3 Å². The largest absolute Gasteiger partial charge is 0.296 e. The highest BCUT2D eigenvalue weighted by Gasteiger charge is 2.16. The number of thioether (sulfide) groups is 1.